The summed E-state index contributed by atoms with van der Waals surface area (Å²) in [5.41, 5.74) is 1.54. The third kappa shape index (κ3) is 6.20. The first-order valence-corrected chi connectivity index (χ1v) is 11.6. The van der Waals surface area contributed by atoms with Crippen LogP contribution in [-0.4, -0.2) is 46.1 Å². The molecule has 1 atom stereocenters. The Morgan fingerprint density at radius 3 is 2.47 bits per heavy atom. The van der Waals surface area contributed by atoms with Crippen LogP contribution in [0, 0.1) is 29.4 Å². The van der Waals surface area contributed by atoms with Crippen molar-refractivity contribution >= 4 is 11.8 Å². The fourth-order valence-corrected chi connectivity index (χ4v) is 4.44. The molecule has 0 bridgehead atoms. The van der Waals surface area contributed by atoms with Crippen molar-refractivity contribution in [3.8, 4) is 35.3 Å². The average Bonchev–Trinajstić information content (AvgIpc) is 3.18. The first-order valence-electron chi connectivity index (χ1n) is 10.7. The molecule has 0 fully saturated rings. The first-order chi connectivity index (χ1) is 16.5. The molecule has 1 heterocycles. The lowest BCUT2D eigenvalue weighted by Gasteiger charge is -2.17. The third-order valence-electron chi connectivity index (χ3n) is 4.71. The maximum absolute atomic E-state index is 11.5. The maximum Gasteiger partial charge on any atom is 0.220 e. The van der Waals surface area contributed by atoms with Crippen molar-refractivity contribution in [2.75, 3.05) is 26.4 Å². The van der Waals surface area contributed by atoms with E-state index in [0.29, 0.717) is 41.3 Å². The third-order valence-corrected chi connectivity index (χ3v) is 5.89. The summed E-state index contributed by atoms with van der Waals surface area (Å²) in [6, 6.07) is 12.8. The van der Waals surface area contributed by atoms with Crippen molar-refractivity contribution in [1.82, 2.24) is 14.8 Å². The highest BCUT2D eigenvalue weighted by Crippen LogP contribution is 2.39. The van der Waals surface area contributed by atoms with E-state index >= 15 is 0 Å². The second-order valence-electron chi connectivity index (χ2n) is 7.05. The molecule has 178 valence electrons. The molecule has 0 aliphatic heterocycles. The van der Waals surface area contributed by atoms with E-state index in [0.717, 1.165) is 11.4 Å². The summed E-state index contributed by atoms with van der Waals surface area (Å²) in [7, 11) is 0. The van der Waals surface area contributed by atoms with Gasteiger partial charge in [0.1, 0.15) is 23.4 Å². The van der Waals surface area contributed by atoms with E-state index in [1.807, 2.05) is 49.6 Å². The Morgan fingerprint density at radius 1 is 1.09 bits per heavy atom. The molecule has 0 saturated carbocycles. The Hall–Kier alpha value is -3.71. The van der Waals surface area contributed by atoms with Gasteiger partial charge < -0.3 is 14.2 Å². The van der Waals surface area contributed by atoms with E-state index < -0.39 is 5.25 Å². The van der Waals surface area contributed by atoms with Crippen LogP contribution < -0.4 is 14.2 Å². The summed E-state index contributed by atoms with van der Waals surface area (Å²) in [6.07, 6.45) is 5.29. The van der Waals surface area contributed by atoms with Gasteiger partial charge in [0.2, 0.25) is 6.54 Å². The smallest absolute Gasteiger partial charge is 0.220 e. The summed E-state index contributed by atoms with van der Waals surface area (Å²) >= 11 is 1.27. The van der Waals surface area contributed by atoms with Crippen LogP contribution >= 0.6 is 11.8 Å². The molecule has 10 heteroatoms. The molecule has 0 N–H and O–H groups in total. The van der Waals surface area contributed by atoms with Crippen molar-refractivity contribution in [3.63, 3.8) is 0 Å². The molecule has 0 aliphatic rings. The van der Waals surface area contributed by atoms with Gasteiger partial charge in [-0.3, -0.25) is 14.7 Å². The van der Waals surface area contributed by atoms with E-state index in [2.05, 4.69) is 16.1 Å². The zero-order valence-electron chi connectivity index (χ0n) is 19.3. The van der Waals surface area contributed by atoms with Crippen molar-refractivity contribution in [2.24, 2.45) is 0 Å². The van der Waals surface area contributed by atoms with Crippen LogP contribution in [0.2, 0.25) is 0 Å². The molecule has 3 aromatic rings. The van der Waals surface area contributed by atoms with Gasteiger partial charge in [0.25, 0.3) is 0 Å². The molecule has 0 radical (unpaired) electrons. The number of terminal acetylenes is 1. The average molecular weight is 483 g/mol. The van der Waals surface area contributed by atoms with Gasteiger partial charge >= 0.3 is 0 Å². The van der Waals surface area contributed by atoms with E-state index in [-0.39, 0.29) is 18.1 Å². The lowest BCUT2D eigenvalue weighted by molar-refractivity contribution is -0.479. The Balaban J connectivity index is 1.94. The number of ether oxygens (including phenoxy) is 3. The van der Waals surface area contributed by atoms with E-state index in [4.69, 9.17) is 20.6 Å². The molecule has 34 heavy (non-hydrogen) atoms. The number of aromatic nitrogens is 3. The van der Waals surface area contributed by atoms with Crippen LogP contribution in [0.25, 0.3) is 5.69 Å². The molecule has 0 unspecified atom stereocenters. The summed E-state index contributed by atoms with van der Waals surface area (Å²) in [6.45, 7) is 6.38. The molecule has 1 aromatic heterocycles. The van der Waals surface area contributed by atoms with Crippen LogP contribution in [0.3, 0.4) is 0 Å². The summed E-state index contributed by atoms with van der Waals surface area (Å²) in [4.78, 5) is 11.2. The highest BCUT2D eigenvalue weighted by molar-refractivity contribution is 7.99. The van der Waals surface area contributed by atoms with E-state index in [9.17, 15) is 10.1 Å². The second-order valence-corrected chi connectivity index (χ2v) is 8.22. The number of hydrogen-bond donors (Lipinski definition) is 0. The Labute approximate surface area is 202 Å². The maximum atomic E-state index is 11.5. The number of nitro groups is 1. The van der Waals surface area contributed by atoms with Crippen LogP contribution in [0.5, 0.6) is 17.2 Å². The lowest BCUT2D eigenvalue weighted by atomic mass is 10.1. The second kappa shape index (κ2) is 12.0. The zero-order valence-corrected chi connectivity index (χ0v) is 20.1. The lowest BCUT2D eigenvalue weighted by Crippen LogP contribution is -2.12. The van der Waals surface area contributed by atoms with Crippen LogP contribution in [0.1, 0.15) is 30.5 Å². The normalized spacial score (nSPS) is 11.5. The Bertz CT molecular complexity index is 1160. The number of rotatable bonds is 12. The minimum atomic E-state index is -0.541. The molecular formula is C24H26N4O5S. The molecule has 2 aromatic carbocycles. The van der Waals surface area contributed by atoms with Crippen LogP contribution in [0.4, 0.5) is 0 Å². The van der Waals surface area contributed by atoms with Gasteiger partial charge in [-0.05, 0) is 62.7 Å². The number of aryl methyl sites for hydroxylation is 1. The first kappa shape index (κ1) is 24.9. The molecule has 9 nitrogen and oxygen atoms in total. The van der Waals surface area contributed by atoms with Gasteiger partial charge in [0, 0.05) is 10.6 Å². The monoisotopic (exact) mass is 482 g/mol. The molecular weight excluding hydrogens is 456 g/mol. The molecule has 0 aliphatic carbocycles. The van der Waals surface area contributed by atoms with Crippen molar-refractivity contribution in [1.29, 1.82) is 0 Å². The predicted octanol–water partition coefficient (Wildman–Crippen LogP) is 4.50. The quantitative estimate of drug-likeness (QED) is 0.161. The SMILES string of the molecule is C#CCOc1ccc([C@H](C[N+](=O)[O-])Sc2nnc(C)n2-c2ccc(OCC)cc2)cc1OCC. The number of nitrogens with zero attached hydrogens (tertiary/aromatic N) is 4. The molecule has 0 saturated heterocycles. The largest absolute Gasteiger partial charge is 0.494 e. The van der Waals surface area contributed by atoms with Crippen LogP contribution in [0.15, 0.2) is 47.6 Å². The fraction of sp³-hybridized carbons (Fsp3) is 0.333. The summed E-state index contributed by atoms with van der Waals surface area (Å²) < 4.78 is 18.6. The highest BCUT2D eigenvalue weighted by atomic mass is 32.2. The molecule has 3 rings (SSSR count). The fourth-order valence-electron chi connectivity index (χ4n) is 3.28. The summed E-state index contributed by atoms with van der Waals surface area (Å²) in [5.74, 6) is 4.81. The summed E-state index contributed by atoms with van der Waals surface area (Å²) in [5, 5.41) is 20.0. The van der Waals surface area contributed by atoms with Crippen molar-refractivity contribution < 1.29 is 19.1 Å². The minimum Gasteiger partial charge on any atom is -0.494 e. The van der Waals surface area contributed by atoms with E-state index in [1.165, 1.54) is 11.8 Å². The minimum absolute atomic E-state index is 0.0942. The van der Waals surface area contributed by atoms with Crippen molar-refractivity contribution in [2.45, 2.75) is 31.2 Å². The van der Waals surface area contributed by atoms with E-state index in [1.54, 1.807) is 18.2 Å². The standard InChI is InChI=1S/C24H26N4O5S/c1-5-14-33-21-13-8-18(15-22(21)32-7-3)23(16-27(29)30)34-24-26-25-17(4)28(24)19-9-11-20(12-10-19)31-6-2/h1,8-13,15,23H,6-7,14,16H2,2-4H3/t23-/m0/s1. The van der Waals surface area contributed by atoms with Crippen molar-refractivity contribution in [3.05, 3.63) is 64.0 Å². The molecule has 0 amide bonds. The Kier molecular flexibility index (Phi) is 8.76. The predicted molar refractivity (Wildman–Crippen MR) is 130 cm³/mol. The highest BCUT2D eigenvalue weighted by Gasteiger charge is 2.25. The van der Waals surface area contributed by atoms with Gasteiger partial charge in [-0.2, -0.15) is 0 Å². The zero-order chi connectivity index (χ0) is 24.5. The van der Waals surface area contributed by atoms with Gasteiger partial charge in [-0.15, -0.1) is 16.6 Å². The van der Waals surface area contributed by atoms with Gasteiger partial charge in [-0.25, -0.2) is 0 Å². The van der Waals surface area contributed by atoms with Gasteiger partial charge in [0.05, 0.1) is 13.2 Å². The van der Waals surface area contributed by atoms with Gasteiger partial charge in [0.15, 0.2) is 16.7 Å². The van der Waals surface area contributed by atoms with Gasteiger partial charge in [-0.1, -0.05) is 23.7 Å². The Morgan fingerprint density at radius 2 is 1.82 bits per heavy atom. The number of benzene rings is 2. The molecule has 0 spiro atoms. The topological polar surface area (TPSA) is 102 Å². The van der Waals surface area contributed by atoms with Crippen LogP contribution in [-0.2, 0) is 0 Å². The number of hydrogen-bond acceptors (Lipinski definition) is 8. The number of thioether (sulfide) groups is 1.